The number of urea groups is 1. The Balaban J connectivity index is 1.51. The van der Waals surface area contributed by atoms with E-state index in [0.717, 1.165) is 37.0 Å². The number of thioether (sulfide) groups is 1. The minimum Gasteiger partial charge on any atom is -0.341 e. The predicted molar refractivity (Wildman–Crippen MR) is 90.2 cm³/mol. The maximum absolute atomic E-state index is 12.5. The average molecular weight is 350 g/mol. The van der Waals surface area contributed by atoms with Gasteiger partial charge in [0.05, 0.1) is 5.25 Å². The fourth-order valence-corrected chi connectivity index (χ4v) is 4.22. The Hall–Kier alpha value is -1.77. The summed E-state index contributed by atoms with van der Waals surface area (Å²) in [6, 6.07) is 0.157. The molecule has 0 bridgehead atoms. The number of amides is 3. The van der Waals surface area contributed by atoms with Crippen LogP contribution in [0.2, 0.25) is 0 Å². The van der Waals surface area contributed by atoms with Crippen LogP contribution < -0.4 is 10.2 Å². The minimum absolute atomic E-state index is 0.164. The van der Waals surface area contributed by atoms with E-state index < -0.39 is 0 Å². The first-order valence-electron chi connectivity index (χ1n) is 8.61. The first-order chi connectivity index (χ1) is 11.6. The van der Waals surface area contributed by atoms with Crippen molar-refractivity contribution in [3.8, 4) is 0 Å². The Labute approximate surface area is 145 Å². The highest BCUT2D eigenvalue weighted by Gasteiger charge is 2.35. The van der Waals surface area contributed by atoms with Crippen LogP contribution in [-0.2, 0) is 4.79 Å². The molecule has 2 saturated heterocycles. The number of rotatable bonds is 5. The molecule has 0 aromatic carbocycles. The van der Waals surface area contributed by atoms with Crippen LogP contribution in [0.5, 0.6) is 0 Å². The number of anilines is 1. The van der Waals surface area contributed by atoms with Gasteiger partial charge in [-0.15, -0.1) is 10.2 Å². The Kier molecular flexibility index (Phi) is 4.11. The second-order valence-electron chi connectivity index (χ2n) is 6.56. The molecule has 1 unspecified atom stereocenters. The molecule has 1 N–H and O–H groups in total. The Morgan fingerprint density at radius 2 is 2.00 bits per heavy atom. The molecule has 3 heterocycles. The number of nitrogens with zero attached hydrogens (tertiary/aromatic N) is 5. The lowest BCUT2D eigenvalue weighted by Gasteiger charge is -2.20. The molecule has 8 nitrogen and oxygen atoms in total. The van der Waals surface area contributed by atoms with Gasteiger partial charge in [-0.1, -0.05) is 11.8 Å². The molecule has 130 valence electrons. The maximum atomic E-state index is 12.5. The van der Waals surface area contributed by atoms with E-state index in [9.17, 15) is 9.59 Å². The second kappa shape index (κ2) is 6.27. The zero-order valence-electron chi connectivity index (χ0n) is 13.8. The lowest BCUT2D eigenvalue weighted by molar-refractivity contribution is -0.126. The molecule has 9 heteroatoms. The molecule has 3 fully saturated rings. The van der Waals surface area contributed by atoms with Crippen molar-refractivity contribution >= 4 is 29.6 Å². The van der Waals surface area contributed by atoms with Crippen LogP contribution in [0.3, 0.4) is 0 Å². The van der Waals surface area contributed by atoms with Crippen LogP contribution in [0.1, 0.15) is 38.6 Å². The van der Waals surface area contributed by atoms with E-state index in [1.165, 1.54) is 29.5 Å². The maximum Gasteiger partial charge on any atom is 0.324 e. The summed E-state index contributed by atoms with van der Waals surface area (Å²) in [5, 5.41) is 11.9. The van der Waals surface area contributed by atoms with Crippen molar-refractivity contribution in [2.45, 2.75) is 49.1 Å². The van der Waals surface area contributed by atoms with Gasteiger partial charge in [0.2, 0.25) is 11.9 Å². The van der Waals surface area contributed by atoms with E-state index in [1.807, 2.05) is 6.92 Å². The van der Waals surface area contributed by atoms with Crippen molar-refractivity contribution in [1.82, 2.24) is 25.0 Å². The molecule has 1 aliphatic carbocycles. The summed E-state index contributed by atoms with van der Waals surface area (Å²) in [6.45, 7) is 4.85. The third-order valence-corrected chi connectivity index (χ3v) is 5.74. The third kappa shape index (κ3) is 2.85. The first kappa shape index (κ1) is 15.7. The van der Waals surface area contributed by atoms with Crippen molar-refractivity contribution in [3.05, 3.63) is 0 Å². The SMILES string of the molecule is CC(Sc1nnc(N2CCCC2)n1C1CC1)C(=O)N1CCNC1=O. The number of hydrogen-bond acceptors (Lipinski definition) is 6. The van der Waals surface area contributed by atoms with Gasteiger partial charge >= 0.3 is 6.03 Å². The normalized spacial score (nSPS) is 22.1. The lowest BCUT2D eigenvalue weighted by Crippen LogP contribution is -2.39. The monoisotopic (exact) mass is 350 g/mol. The van der Waals surface area contributed by atoms with Gasteiger partial charge in [0.15, 0.2) is 5.16 Å². The molecule has 3 aliphatic rings. The highest BCUT2D eigenvalue weighted by Crippen LogP contribution is 2.42. The van der Waals surface area contributed by atoms with Crippen molar-refractivity contribution in [2.75, 3.05) is 31.1 Å². The molecule has 24 heavy (non-hydrogen) atoms. The number of nitrogens with one attached hydrogen (secondary N) is 1. The van der Waals surface area contributed by atoms with Gasteiger partial charge in [0.1, 0.15) is 0 Å². The van der Waals surface area contributed by atoms with Crippen molar-refractivity contribution in [3.63, 3.8) is 0 Å². The smallest absolute Gasteiger partial charge is 0.324 e. The molecule has 0 radical (unpaired) electrons. The number of imide groups is 1. The molecule has 2 aliphatic heterocycles. The molecular formula is C15H22N6O2S. The largest absolute Gasteiger partial charge is 0.341 e. The topological polar surface area (TPSA) is 83.4 Å². The summed E-state index contributed by atoms with van der Waals surface area (Å²) in [5.74, 6) is 0.777. The van der Waals surface area contributed by atoms with Crippen LogP contribution in [0, 0.1) is 0 Å². The standard InChI is InChI=1S/C15H22N6O2S/c1-10(12(22)20-9-6-16-14(20)23)24-15-18-17-13(19-7-2-3-8-19)21(15)11-4-5-11/h10-11H,2-9H2,1H3,(H,16,23). The number of carbonyl (C=O) groups is 2. The van der Waals surface area contributed by atoms with Gasteiger partial charge < -0.3 is 10.2 Å². The van der Waals surface area contributed by atoms with Crippen LogP contribution in [0.4, 0.5) is 10.7 Å². The molecule has 4 rings (SSSR count). The van der Waals surface area contributed by atoms with Gasteiger partial charge in [-0.25, -0.2) is 4.79 Å². The highest BCUT2D eigenvalue weighted by atomic mass is 32.2. The first-order valence-corrected chi connectivity index (χ1v) is 9.49. The van der Waals surface area contributed by atoms with E-state index >= 15 is 0 Å². The molecular weight excluding hydrogens is 328 g/mol. The van der Waals surface area contributed by atoms with Crippen molar-refractivity contribution in [1.29, 1.82) is 0 Å². The van der Waals surface area contributed by atoms with Gasteiger partial charge in [-0.2, -0.15) is 0 Å². The summed E-state index contributed by atoms with van der Waals surface area (Å²) < 4.78 is 2.20. The van der Waals surface area contributed by atoms with Crippen molar-refractivity contribution < 1.29 is 9.59 Å². The quantitative estimate of drug-likeness (QED) is 0.805. The van der Waals surface area contributed by atoms with Gasteiger partial charge in [-0.05, 0) is 32.6 Å². The summed E-state index contributed by atoms with van der Waals surface area (Å²) >= 11 is 1.41. The highest BCUT2D eigenvalue weighted by molar-refractivity contribution is 8.00. The Morgan fingerprint density at radius 1 is 1.25 bits per heavy atom. The van der Waals surface area contributed by atoms with Crippen LogP contribution in [0.25, 0.3) is 0 Å². The molecule has 1 atom stereocenters. The summed E-state index contributed by atoms with van der Waals surface area (Å²) in [6.07, 6.45) is 4.67. The molecule has 1 aromatic rings. The van der Waals surface area contributed by atoms with Crippen LogP contribution in [-0.4, -0.2) is 63.0 Å². The van der Waals surface area contributed by atoms with E-state index in [0.29, 0.717) is 19.1 Å². The minimum atomic E-state index is -0.359. The van der Waals surface area contributed by atoms with E-state index in [-0.39, 0.29) is 17.2 Å². The molecule has 1 aromatic heterocycles. The van der Waals surface area contributed by atoms with Crippen LogP contribution >= 0.6 is 11.8 Å². The average Bonchev–Trinajstić information content (AvgIpc) is 2.98. The number of hydrogen-bond donors (Lipinski definition) is 1. The van der Waals surface area contributed by atoms with E-state index in [4.69, 9.17) is 0 Å². The fourth-order valence-electron chi connectivity index (χ4n) is 3.24. The molecule has 3 amide bonds. The number of aromatic nitrogens is 3. The van der Waals surface area contributed by atoms with E-state index in [1.54, 1.807) is 0 Å². The summed E-state index contributed by atoms with van der Waals surface area (Å²) in [4.78, 5) is 27.8. The van der Waals surface area contributed by atoms with Crippen LogP contribution in [0.15, 0.2) is 5.16 Å². The lowest BCUT2D eigenvalue weighted by atomic mass is 10.4. The summed E-state index contributed by atoms with van der Waals surface area (Å²) in [5.41, 5.74) is 0. The molecule has 0 spiro atoms. The molecule has 1 saturated carbocycles. The number of carbonyl (C=O) groups excluding carboxylic acids is 2. The van der Waals surface area contributed by atoms with Gasteiger partial charge in [-0.3, -0.25) is 14.3 Å². The zero-order chi connectivity index (χ0) is 16.7. The third-order valence-electron chi connectivity index (χ3n) is 4.70. The Morgan fingerprint density at radius 3 is 2.62 bits per heavy atom. The van der Waals surface area contributed by atoms with Gasteiger partial charge in [0, 0.05) is 32.2 Å². The van der Waals surface area contributed by atoms with E-state index in [2.05, 4.69) is 25.0 Å². The zero-order valence-corrected chi connectivity index (χ0v) is 14.6. The second-order valence-corrected chi connectivity index (χ2v) is 7.87. The van der Waals surface area contributed by atoms with Gasteiger partial charge in [0.25, 0.3) is 0 Å². The Bertz CT molecular complexity index is 652. The summed E-state index contributed by atoms with van der Waals surface area (Å²) in [7, 11) is 0. The predicted octanol–water partition coefficient (Wildman–Crippen LogP) is 1.25. The fraction of sp³-hybridized carbons (Fsp3) is 0.733. The van der Waals surface area contributed by atoms with Crippen molar-refractivity contribution in [2.24, 2.45) is 0 Å².